The number of nitrogen functional groups attached to an aromatic ring is 1. The van der Waals surface area contributed by atoms with Gasteiger partial charge in [0, 0.05) is 26.1 Å². The zero-order chi connectivity index (χ0) is 11.5. The largest absolute Gasteiger partial charge is 0.389 e. The summed E-state index contributed by atoms with van der Waals surface area (Å²) < 4.78 is 0. The summed E-state index contributed by atoms with van der Waals surface area (Å²) >= 11 is 1.50. The van der Waals surface area contributed by atoms with E-state index in [0.717, 1.165) is 36.1 Å². The van der Waals surface area contributed by atoms with Crippen molar-refractivity contribution in [2.75, 3.05) is 30.8 Å². The molecule has 88 valence electrons. The highest BCUT2D eigenvalue weighted by Gasteiger charge is 2.25. The third-order valence-electron chi connectivity index (χ3n) is 2.89. The molecule has 2 rings (SSSR count). The summed E-state index contributed by atoms with van der Waals surface area (Å²) in [5, 5.41) is 4.41. The molecule has 1 aliphatic heterocycles. The lowest BCUT2D eigenvalue weighted by Gasteiger charge is -2.30. The van der Waals surface area contributed by atoms with Gasteiger partial charge in [-0.2, -0.15) is 0 Å². The summed E-state index contributed by atoms with van der Waals surface area (Å²) in [4.78, 5) is 17.9. The van der Waals surface area contributed by atoms with Gasteiger partial charge in [0.15, 0.2) is 5.13 Å². The van der Waals surface area contributed by atoms with Crippen molar-refractivity contribution in [1.82, 2.24) is 10.3 Å². The summed E-state index contributed by atoms with van der Waals surface area (Å²) in [7, 11) is 1.69. The van der Waals surface area contributed by atoms with Crippen molar-refractivity contribution in [3.05, 3.63) is 6.20 Å². The van der Waals surface area contributed by atoms with E-state index in [1.165, 1.54) is 11.3 Å². The summed E-state index contributed by atoms with van der Waals surface area (Å²) in [6.45, 7) is 1.76. The van der Waals surface area contributed by atoms with Crippen LogP contribution in [-0.2, 0) is 4.79 Å². The maximum atomic E-state index is 11.5. The first-order valence-corrected chi connectivity index (χ1v) is 6.20. The Kier molecular flexibility index (Phi) is 3.28. The van der Waals surface area contributed by atoms with Gasteiger partial charge in [0.2, 0.25) is 5.91 Å². The fraction of sp³-hybridized carbons (Fsp3) is 0.600. The van der Waals surface area contributed by atoms with Crippen molar-refractivity contribution in [3.8, 4) is 0 Å². The van der Waals surface area contributed by atoms with E-state index in [1.807, 2.05) is 0 Å². The number of piperidine rings is 1. The van der Waals surface area contributed by atoms with E-state index >= 15 is 0 Å². The van der Waals surface area contributed by atoms with Crippen LogP contribution in [0.1, 0.15) is 12.8 Å². The third kappa shape index (κ3) is 2.27. The van der Waals surface area contributed by atoms with Crippen molar-refractivity contribution in [2.24, 2.45) is 5.92 Å². The smallest absolute Gasteiger partial charge is 0.222 e. The van der Waals surface area contributed by atoms with Gasteiger partial charge in [0.1, 0.15) is 5.00 Å². The minimum absolute atomic E-state index is 0.151. The predicted molar refractivity (Wildman–Crippen MR) is 65.5 cm³/mol. The van der Waals surface area contributed by atoms with E-state index in [1.54, 1.807) is 13.2 Å². The number of aromatic nitrogens is 1. The molecule has 0 atom stereocenters. The molecule has 6 heteroatoms. The number of nitrogens with zero attached hydrogens (tertiary/aromatic N) is 2. The van der Waals surface area contributed by atoms with Gasteiger partial charge in [-0.25, -0.2) is 4.98 Å². The van der Waals surface area contributed by atoms with Gasteiger partial charge in [0.25, 0.3) is 0 Å². The lowest BCUT2D eigenvalue weighted by molar-refractivity contribution is -0.125. The molecule has 1 aromatic rings. The van der Waals surface area contributed by atoms with Gasteiger partial charge in [-0.3, -0.25) is 4.79 Å². The number of carbonyl (C=O) groups is 1. The molecule has 16 heavy (non-hydrogen) atoms. The fourth-order valence-electron chi connectivity index (χ4n) is 1.96. The maximum absolute atomic E-state index is 11.5. The van der Waals surface area contributed by atoms with Gasteiger partial charge in [-0.05, 0) is 12.8 Å². The monoisotopic (exact) mass is 240 g/mol. The number of amides is 1. The molecular formula is C10H16N4OS. The quantitative estimate of drug-likeness (QED) is 0.798. The van der Waals surface area contributed by atoms with E-state index < -0.39 is 0 Å². The van der Waals surface area contributed by atoms with Gasteiger partial charge in [0.05, 0.1) is 6.20 Å². The molecule has 5 nitrogen and oxygen atoms in total. The lowest BCUT2D eigenvalue weighted by Crippen LogP contribution is -2.39. The molecule has 1 aliphatic rings. The average Bonchev–Trinajstić information content (AvgIpc) is 2.75. The molecule has 0 aliphatic carbocycles. The fourth-order valence-corrected chi connectivity index (χ4v) is 2.69. The van der Waals surface area contributed by atoms with Crippen LogP contribution in [-0.4, -0.2) is 31.0 Å². The van der Waals surface area contributed by atoms with Gasteiger partial charge in [-0.1, -0.05) is 11.3 Å². The molecule has 0 radical (unpaired) electrons. The highest BCUT2D eigenvalue weighted by atomic mass is 32.1. The standard InChI is InChI=1S/C10H16N4OS/c1-12-9(15)7-2-4-14(5-3-7)10-13-6-8(11)16-10/h6-7H,2-5,11H2,1H3,(H,12,15). The third-order valence-corrected chi connectivity index (χ3v) is 3.78. The number of anilines is 2. The van der Waals surface area contributed by atoms with Crippen LogP contribution in [0.2, 0.25) is 0 Å². The van der Waals surface area contributed by atoms with E-state index in [0.29, 0.717) is 0 Å². The van der Waals surface area contributed by atoms with Crippen molar-refractivity contribution in [2.45, 2.75) is 12.8 Å². The molecule has 1 saturated heterocycles. The van der Waals surface area contributed by atoms with E-state index in [4.69, 9.17) is 5.73 Å². The minimum Gasteiger partial charge on any atom is -0.389 e. The van der Waals surface area contributed by atoms with Crippen LogP contribution < -0.4 is 16.0 Å². The van der Waals surface area contributed by atoms with Gasteiger partial charge in [-0.15, -0.1) is 0 Å². The van der Waals surface area contributed by atoms with Crippen molar-refractivity contribution >= 4 is 27.4 Å². The summed E-state index contributed by atoms with van der Waals surface area (Å²) in [5.74, 6) is 0.303. The zero-order valence-electron chi connectivity index (χ0n) is 9.27. The van der Waals surface area contributed by atoms with Crippen LogP contribution >= 0.6 is 11.3 Å². The lowest BCUT2D eigenvalue weighted by atomic mass is 9.96. The number of nitrogens with one attached hydrogen (secondary N) is 1. The average molecular weight is 240 g/mol. The second kappa shape index (κ2) is 4.69. The number of carbonyl (C=O) groups excluding carboxylic acids is 1. The summed E-state index contributed by atoms with van der Waals surface area (Å²) in [6.07, 6.45) is 3.46. The molecule has 0 saturated carbocycles. The maximum Gasteiger partial charge on any atom is 0.222 e. The molecule has 0 aromatic carbocycles. The molecular weight excluding hydrogens is 224 g/mol. The van der Waals surface area contributed by atoms with Gasteiger partial charge >= 0.3 is 0 Å². The van der Waals surface area contributed by atoms with Crippen LogP contribution in [0.15, 0.2) is 6.20 Å². The molecule has 1 fully saturated rings. The first-order chi connectivity index (χ1) is 7.70. The summed E-state index contributed by atoms with van der Waals surface area (Å²) in [6, 6.07) is 0. The van der Waals surface area contributed by atoms with E-state index in [-0.39, 0.29) is 11.8 Å². The normalized spacial score (nSPS) is 17.4. The molecule has 1 aromatic heterocycles. The van der Waals surface area contributed by atoms with Crippen LogP contribution in [0.5, 0.6) is 0 Å². The SMILES string of the molecule is CNC(=O)C1CCN(c2ncc(N)s2)CC1. The van der Waals surface area contributed by atoms with Crippen LogP contribution in [0, 0.1) is 5.92 Å². The van der Waals surface area contributed by atoms with Gasteiger partial charge < -0.3 is 16.0 Å². The second-order valence-corrected chi connectivity index (χ2v) is 4.96. The topological polar surface area (TPSA) is 71.2 Å². The Morgan fingerprint density at radius 2 is 2.31 bits per heavy atom. The number of thiazole rings is 1. The molecule has 1 amide bonds. The van der Waals surface area contributed by atoms with Crippen LogP contribution in [0.3, 0.4) is 0 Å². The minimum atomic E-state index is 0.151. The molecule has 2 heterocycles. The highest BCUT2D eigenvalue weighted by molar-refractivity contribution is 7.19. The Balaban J connectivity index is 1.92. The Morgan fingerprint density at radius 3 is 2.81 bits per heavy atom. The van der Waals surface area contributed by atoms with Crippen molar-refractivity contribution in [3.63, 3.8) is 0 Å². The summed E-state index contributed by atoms with van der Waals surface area (Å²) in [5.41, 5.74) is 5.65. The molecule has 0 unspecified atom stereocenters. The highest BCUT2D eigenvalue weighted by Crippen LogP contribution is 2.28. The molecule has 3 N–H and O–H groups in total. The molecule has 0 bridgehead atoms. The van der Waals surface area contributed by atoms with Crippen LogP contribution in [0.25, 0.3) is 0 Å². The zero-order valence-corrected chi connectivity index (χ0v) is 10.1. The first kappa shape index (κ1) is 11.2. The number of rotatable bonds is 2. The van der Waals surface area contributed by atoms with E-state index in [2.05, 4.69) is 15.2 Å². The van der Waals surface area contributed by atoms with Crippen molar-refractivity contribution < 1.29 is 4.79 Å². The second-order valence-electron chi connectivity index (χ2n) is 3.92. The Bertz CT molecular complexity index is 371. The predicted octanol–water partition coefficient (Wildman–Crippen LogP) is 0.688. The van der Waals surface area contributed by atoms with Crippen LogP contribution in [0.4, 0.5) is 10.1 Å². The number of hydrogen-bond donors (Lipinski definition) is 2. The number of nitrogens with two attached hydrogens (primary N) is 1. The Hall–Kier alpha value is -1.30. The molecule has 0 spiro atoms. The van der Waals surface area contributed by atoms with E-state index in [9.17, 15) is 4.79 Å². The Labute approximate surface area is 98.7 Å². The Morgan fingerprint density at radius 1 is 1.62 bits per heavy atom. The number of hydrogen-bond acceptors (Lipinski definition) is 5. The van der Waals surface area contributed by atoms with Crippen molar-refractivity contribution in [1.29, 1.82) is 0 Å². The first-order valence-electron chi connectivity index (χ1n) is 5.38.